The Morgan fingerprint density at radius 3 is 1.73 bits per heavy atom. The summed E-state index contributed by atoms with van der Waals surface area (Å²) >= 11 is 0. The predicted octanol–water partition coefficient (Wildman–Crippen LogP) is 5.32. The highest BCUT2D eigenvalue weighted by Crippen LogP contribution is 2.31. The summed E-state index contributed by atoms with van der Waals surface area (Å²) in [4.78, 5) is 78.0. The van der Waals surface area contributed by atoms with E-state index in [1.54, 1.807) is 41.5 Å². The maximum atomic E-state index is 13.8. The van der Waals surface area contributed by atoms with Gasteiger partial charge >= 0.3 is 18.1 Å². The van der Waals surface area contributed by atoms with Crippen molar-refractivity contribution >= 4 is 35.4 Å². The number of hydrogen-bond donors (Lipinski definition) is 4. The number of urea groups is 1. The molecule has 0 bridgehead atoms. The first kappa shape index (κ1) is 49.7. The second-order valence-electron chi connectivity index (χ2n) is 14.7. The number of likely N-dealkylation sites (N-methyl/N-ethyl adjacent to an activating group) is 1. The molecule has 0 radical (unpaired) electrons. The number of ketones is 1. The third kappa shape index (κ3) is 16.7. The number of primary amides is 1. The van der Waals surface area contributed by atoms with Crippen LogP contribution < -0.4 is 21.7 Å². The molecule has 15 heteroatoms. The molecule has 2 rings (SSSR count). The van der Waals surface area contributed by atoms with Crippen LogP contribution in [0.5, 0.6) is 0 Å². The van der Waals surface area contributed by atoms with Crippen molar-refractivity contribution in [3.05, 3.63) is 0 Å². The summed E-state index contributed by atoms with van der Waals surface area (Å²) in [6.45, 7) is 22.2. The highest BCUT2D eigenvalue weighted by atomic mass is 19.4. The lowest BCUT2D eigenvalue weighted by atomic mass is 9.80. The van der Waals surface area contributed by atoms with Crippen molar-refractivity contribution in [3.63, 3.8) is 0 Å². The van der Waals surface area contributed by atoms with Crippen LogP contribution in [-0.4, -0.2) is 95.7 Å². The number of carbonyl (C=O) groups is 6. The molecule has 1 heterocycles. The van der Waals surface area contributed by atoms with Gasteiger partial charge in [-0.3, -0.25) is 24.0 Å². The fourth-order valence-electron chi connectivity index (χ4n) is 5.29. The minimum atomic E-state index is -5.08. The maximum Gasteiger partial charge on any atom is 0.471 e. The summed E-state index contributed by atoms with van der Waals surface area (Å²) in [5, 5.41) is 7.87. The number of nitrogens with one attached hydrogen (secondary N) is 3. The SMILES string of the molecule is CC.CC.CCC.CN(CC(NC(=O)NC(C(=O)N1CCCC1C(=O)NC(CC1CCC1)C(=O)C(N)=O)C(C)(C)C)C(C)(C)C)C(=O)C(F)(F)F. The first-order valence-electron chi connectivity index (χ1n) is 18.3. The quantitative estimate of drug-likeness (QED) is 0.209. The summed E-state index contributed by atoms with van der Waals surface area (Å²) in [5.41, 5.74) is 3.59. The lowest BCUT2D eigenvalue weighted by Crippen LogP contribution is -2.62. The molecule has 4 unspecified atom stereocenters. The van der Waals surface area contributed by atoms with Crippen molar-refractivity contribution in [1.82, 2.24) is 25.8 Å². The number of hydrogen-bond acceptors (Lipinski definition) is 6. The Labute approximate surface area is 303 Å². The fraction of sp³-hybridized carbons (Fsp3) is 0.833. The van der Waals surface area contributed by atoms with Crippen LogP contribution in [0.4, 0.5) is 18.0 Å². The smallest absolute Gasteiger partial charge is 0.363 e. The van der Waals surface area contributed by atoms with E-state index in [9.17, 15) is 41.9 Å². The highest BCUT2D eigenvalue weighted by Gasteiger charge is 2.45. The number of alkyl halides is 3. The van der Waals surface area contributed by atoms with Crippen LogP contribution >= 0.6 is 0 Å². The van der Waals surface area contributed by atoms with E-state index in [4.69, 9.17) is 5.73 Å². The summed E-state index contributed by atoms with van der Waals surface area (Å²) < 4.78 is 38.9. The van der Waals surface area contributed by atoms with Gasteiger partial charge in [-0.25, -0.2) is 4.79 Å². The number of nitrogens with zero attached hydrogens (tertiary/aromatic N) is 2. The lowest BCUT2D eigenvalue weighted by Gasteiger charge is -2.38. The van der Waals surface area contributed by atoms with Crippen LogP contribution in [0.1, 0.15) is 128 Å². The van der Waals surface area contributed by atoms with Crippen LogP contribution in [0.25, 0.3) is 0 Å². The van der Waals surface area contributed by atoms with Gasteiger partial charge in [0, 0.05) is 20.1 Å². The van der Waals surface area contributed by atoms with Crippen molar-refractivity contribution in [1.29, 1.82) is 0 Å². The van der Waals surface area contributed by atoms with Gasteiger partial charge in [0.2, 0.25) is 17.6 Å². The number of amides is 6. The molecule has 4 atom stereocenters. The van der Waals surface area contributed by atoms with Crippen LogP contribution in [0.15, 0.2) is 0 Å². The second-order valence-corrected chi connectivity index (χ2v) is 14.7. The second kappa shape index (κ2) is 22.5. The minimum absolute atomic E-state index is 0.182. The van der Waals surface area contributed by atoms with Crippen molar-refractivity contribution < 1.29 is 41.9 Å². The number of carbonyl (C=O) groups excluding carboxylic acids is 6. The number of rotatable bonds is 11. The molecule has 1 aliphatic heterocycles. The number of Topliss-reactive ketones (excluding diaryl/α,β-unsaturated/α-hetero) is 1. The van der Waals surface area contributed by atoms with E-state index in [0.29, 0.717) is 17.7 Å². The van der Waals surface area contributed by atoms with Crippen molar-refractivity contribution in [2.75, 3.05) is 20.1 Å². The fourth-order valence-corrected chi connectivity index (χ4v) is 5.29. The molecule has 0 aromatic rings. The van der Waals surface area contributed by atoms with Crippen LogP contribution in [-0.2, 0) is 24.0 Å². The topological polar surface area (TPSA) is 171 Å². The molecule has 0 aromatic carbocycles. The minimum Gasteiger partial charge on any atom is -0.363 e. The zero-order valence-electron chi connectivity index (χ0n) is 33.3. The van der Waals surface area contributed by atoms with Gasteiger partial charge in [-0.2, -0.15) is 13.2 Å². The Morgan fingerprint density at radius 2 is 1.33 bits per heavy atom. The van der Waals surface area contributed by atoms with E-state index in [-0.39, 0.29) is 18.9 Å². The number of halogens is 3. The van der Waals surface area contributed by atoms with E-state index in [1.807, 2.05) is 27.7 Å². The third-order valence-electron chi connectivity index (χ3n) is 8.29. The van der Waals surface area contributed by atoms with E-state index in [1.165, 1.54) is 11.3 Å². The van der Waals surface area contributed by atoms with Gasteiger partial charge in [0.05, 0.1) is 12.1 Å². The molecule has 6 amide bonds. The molecular weight excluding hydrogens is 669 g/mol. The van der Waals surface area contributed by atoms with Crippen LogP contribution in [0.2, 0.25) is 0 Å². The molecule has 1 aliphatic carbocycles. The van der Waals surface area contributed by atoms with Gasteiger partial charge in [0.15, 0.2) is 0 Å². The van der Waals surface area contributed by atoms with Crippen molar-refractivity contribution in [2.45, 2.75) is 158 Å². The molecule has 12 nitrogen and oxygen atoms in total. The molecule has 0 aromatic heterocycles. The van der Waals surface area contributed by atoms with E-state index in [0.717, 1.165) is 26.3 Å². The Balaban J connectivity index is 0. The molecule has 2 aliphatic rings. The van der Waals surface area contributed by atoms with E-state index < -0.39 is 83.2 Å². The Hall–Kier alpha value is -3.39. The zero-order chi connectivity index (χ0) is 40.5. The molecule has 298 valence electrons. The molecule has 5 N–H and O–H groups in total. The largest absolute Gasteiger partial charge is 0.471 e. The summed E-state index contributed by atoms with van der Waals surface area (Å²) in [6.07, 6.45) is -0.0281. The van der Waals surface area contributed by atoms with Gasteiger partial charge in [-0.15, -0.1) is 0 Å². The molecule has 0 spiro atoms. The monoisotopic (exact) mass is 737 g/mol. The van der Waals surface area contributed by atoms with Gasteiger partial charge < -0.3 is 31.5 Å². The first-order chi connectivity index (χ1) is 23.4. The molecular formula is C36H67F3N6O6. The van der Waals surface area contributed by atoms with Gasteiger partial charge in [0.25, 0.3) is 5.91 Å². The standard InChI is InChI=1S/C29H47F3N6O6.C3H8.2C2H6/c1-27(2,3)19(15-37(7)25(43)29(30,31)32)35-26(44)36-21(28(4,5)6)24(42)38-13-9-12-18(38)23(41)34-17(20(39)22(33)40)14-16-10-8-11-16;1-3-2;2*1-2/h16-19,21H,8-15H2,1-7H3,(H2,33,40)(H,34,41)(H2,35,36,44);3H2,1-2H3;2*1-2H3. The van der Waals surface area contributed by atoms with Gasteiger partial charge in [0.1, 0.15) is 12.1 Å². The molecule has 51 heavy (non-hydrogen) atoms. The predicted molar refractivity (Wildman–Crippen MR) is 193 cm³/mol. The number of likely N-dealkylation sites (tertiary alicyclic amines) is 1. The van der Waals surface area contributed by atoms with E-state index >= 15 is 0 Å². The summed E-state index contributed by atoms with van der Waals surface area (Å²) in [5.74, 6) is -5.08. The molecule has 1 saturated carbocycles. The van der Waals surface area contributed by atoms with Crippen molar-refractivity contribution in [3.8, 4) is 0 Å². The Morgan fingerprint density at radius 1 is 0.824 bits per heavy atom. The highest BCUT2D eigenvalue weighted by molar-refractivity contribution is 6.37. The molecule has 2 fully saturated rings. The Bertz CT molecular complexity index is 1130. The number of nitrogens with two attached hydrogens (primary N) is 1. The van der Waals surface area contributed by atoms with Crippen LogP contribution in [0.3, 0.4) is 0 Å². The first-order valence-corrected chi connectivity index (χ1v) is 18.3. The Kier molecular flexibility index (Phi) is 22.0. The van der Waals surface area contributed by atoms with Gasteiger partial charge in [-0.05, 0) is 36.0 Å². The zero-order valence-corrected chi connectivity index (χ0v) is 33.3. The normalized spacial score (nSPS) is 17.6. The summed E-state index contributed by atoms with van der Waals surface area (Å²) in [7, 11) is 0.988. The maximum absolute atomic E-state index is 13.8. The van der Waals surface area contributed by atoms with E-state index in [2.05, 4.69) is 29.8 Å². The van der Waals surface area contributed by atoms with Crippen molar-refractivity contribution in [2.24, 2.45) is 22.5 Å². The summed E-state index contributed by atoms with van der Waals surface area (Å²) in [6, 6.07) is -4.95. The van der Waals surface area contributed by atoms with Gasteiger partial charge in [-0.1, -0.05) is 109 Å². The average Bonchev–Trinajstić information content (AvgIpc) is 3.51. The third-order valence-corrected chi connectivity index (χ3v) is 8.29. The lowest BCUT2D eigenvalue weighted by molar-refractivity contribution is -0.184. The molecule has 1 saturated heterocycles. The van der Waals surface area contributed by atoms with Crippen LogP contribution in [0, 0.1) is 16.7 Å². The average molecular weight is 737 g/mol.